The molecular formula is C11H10FNO3. The van der Waals surface area contributed by atoms with E-state index in [1.54, 1.807) is 6.92 Å². The molecule has 0 aliphatic rings. The van der Waals surface area contributed by atoms with E-state index in [1.165, 1.54) is 12.1 Å². The fourth-order valence-corrected chi connectivity index (χ4v) is 1.51. The number of benzene rings is 1. The molecule has 0 unspecified atom stereocenters. The van der Waals surface area contributed by atoms with E-state index in [0.717, 1.165) is 6.07 Å². The van der Waals surface area contributed by atoms with Crippen molar-refractivity contribution in [3.8, 4) is 5.75 Å². The lowest BCUT2D eigenvalue weighted by Crippen LogP contribution is -2.04. The summed E-state index contributed by atoms with van der Waals surface area (Å²) in [7, 11) is 0. The van der Waals surface area contributed by atoms with E-state index in [0.29, 0.717) is 10.9 Å². The third-order valence-electron chi connectivity index (χ3n) is 2.17. The van der Waals surface area contributed by atoms with Gasteiger partial charge in [0.1, 0.15) is 17.3 Å². The van der Waals surface area contributed by atoms with Crippen molar-refractivity contribution in [3.63, 3.8) is 0 Å². The van der Waals surface area contributed by atoms with Crippen molar-refractivity contribution in [2.75, 3.05) is 6.61 Å². The number of esters is 1. The molecule has 0 aliphatic heterocycles. The molecule has 2 aromatic rings. The summed E-state index contributed by atoms with van der Waals surface area (Å²) in [5, 5.41) is 9.88. The van der Waals surface area contributed by atoms with Gasteiger partial charge in [0, 0.05) is 11.5 Å². The Bertz CT molecular complexity index is 547. The van der Waals surface area contributed by atoms with E-state index in [2.05, 4.69) is 4.98 Å². The highest BCUT2D eigenvalue weighted by atomic mass is 19.1. The minimum absolute atomic E-state index is 0.192. The zero-order valence-corrected chi connectivity index (χ0v) is 8.58. The first-order valence-corrected chi connectivity index (χ1v) is 4.80. The molecule has 0 atom stereocenters. The van der Waals surface area contributed by atoms with Gasteiger partial charge in [0.25, 0.3) is 0 Å². The van der Waals surface area contributed by atoms with Crippen molar-refractivity contribution in [3.05, 3.63) is 29.7 Å². The maximum absolute atomic E-state index is 13.0. The summed E-state index contributed by atoms with van der Waals surface area (Å²) in [6.07, 6.45) is 0. The molecule has 0 fully saturated rings. The van der Waals surface area contributed by atoms with Crippen LogP contribution in [0.2, 0.25) is 0 Å². The Morgan fingerprint density at radius 2 is 2.25 bits per heavy atom. The Morgan fingerprint density at radius 3 is 2.94 bits per heavy atom. The number of nitrogens with one attached hydrogen (secondary N) is 1. The van der Waals surface area contributed by atoms with Crippen molar-refractivity contribution in [2.24, 2.45) is 0 Å². The van der Waals surface area contributed by atoms with Gasteiger partial charge in [-0.05, 0) is 19.1 Å². The third kappa shape index (κ3) is 1.71. The van der Waals surface area contributed by atoms with E-state index in [1.807, 2.05) is 0 Å². The van der Waals surface area contributed by atoms with Crippen LogP contribution in [-0.2, 0) is 4.74 Å². The van der Waals surface area contributed by atoms with Crippen LogP contribution in [0.3, 0.4) is 0 Å². The summed E-state index contributed by atoms with van der Waals surface area (Å²) in [6, 6.07) is 3.65. The van der Waals surface area contributed by atoms with E-state index in [-0.39, 0.29) is 18.1 Å². The molecule has 0 spiro atoms. The Hall–Kier alpha value is -2.04. The second-order valence-electron chi connectivity index (χ2n) is 3.29. The predicted molar refractivity (Wildman–Crippen MR) is 55.9 cm³/mol. The van der Waals surface area contributed by atoms with Crippen molar-refractivity contribution >= 4 is 16.9 Å². The highest BCUT2D eigenvalue weighted by Gasteiger charge is 2.13. The fraction of sp³-hybridized carbons (Fsp3) is 0.182. The Kier molecular flexibility index (Phi) is 2.52. The minimum Gasteiger partial charge on any atom is -0.506 e. The lowest BCUT2D eigenvalue weighted by atomic mass is 10.2. The number of fused-ring (bicyclic) bond motifs is 1. The van der Waals surface area contributed by atoms with Gasteiger partial charge >= 0.3 is 5.97 Å². The van der Waals surface area contributed by atoms with Gasteiger partial charge in [0.05, 0.1) is 12.1 Å². The van der Waals surface area contributed by atoms with Crippen LogP contribution >= 0.6 is 0 Å². The molecule has 2 N–H and O–H groups in total. The molecule has 5 heteroatoms. The smallest absolute Gasteiger partial charge is 0.354 e. The number of H-pyrrole nitrogens is 1. The van der Waals surface area contributed by atoms with Crippen molar-refractivity contribution < 1.29 is 19.0 Å². The first-order chi connectivity index (χ1) is 7.61. The number of hydrogen-bond acceptors (Lipinski definition) is 3. The lowest BCUT2D eigenvalue weighted by molar-refractivity contribution is 0.0520. The standard InChI is InChI=1S/C11H10FNO3/c1-2-16-11(15)8-4-6-3-7(12)5-9(14)10(6)13-8/h3-5,13-14H,2H2,1H3. The summed E-state index contributed by atoms with van der Waals surface area (Å²) < 4.78 is 17.7. The molecule has 0 saturated carbocycles. The maximum Gasteiger partial charge on any atom is 0.354 e. The summed E-state index contributed by atoms with van der Waals surface area (Å²) in [5.41, 5.74) is 0.516. The molecule has 1 aromatic heterocycles. The highest BCUT2D eigenvalue weighted by molar-refractivity contribution is 5.96. The van der Waals surface area contributed by atoms with E-state index < -0.39 is 11.8 Å². The number of carbonyl (C=O) groups is 1. The molecule has 0 aliphatic carbocycles. The number of carbonyl (C=O) groups excluding carboxylic acids is 1. The number of phenols is 1. The van der Waals surface area contributed by atoms with Gasteiger partial charge < -0.3 is 14.8 Å². The van der Waals surface area contributed by atoms with Crippen LogP contribution < -0.4 is 0 Å². The third-order valence-corrected chi connectivity index (χ3v) is 2.17. The van der Waals surface area contributed by atoms with Gasteiger partial charge in [0.15, 0.2) is 0 Å². The SMILES string of the molecule is CCOC(=O)c1cc2cc(F)cc(O)c2[nH]1. The summed E-state index contributed by atoms with van der Waals surface area (Å²) >= 11 is 0. The van der Waals surface area contributed by atoms with Gasteiger partial charge in [-0.15, -0.1) is 0 Å². The van der Waals surface area contributed by atoms with Crippen LogP contribution in [0.4, 0.5) is 4.39 Å². The molecule has 0 bridgehead atoms. The molecule has 16 heavy (non-hydrogen) atoms. The van der Waals surface area contributed by atoms with Crippen LogP contribution in [0.1, 0.15) is 17.4 Å². The summed E-state index contributed by atoms with van der Waals surface area (Å²) in [6.45, 7) is 1.95. The number of aromatic amines is 1. The number of rotatable bonds is 2. The van der Waals surface area contributed by atoms with Gasteiger partial charge in [-0.25, -0.2) is 9.18 Å². The predicted octanol–water partition coefficient (Wildman–Crippen LogP) is 2.19. The van der Waals surface area contributed by atoms with Gasteiger partial charge in [-0.3, -0.25) is 0 Å². The average molecular weight is 223 g/mol. The number of ether oxygens (including phenoxy) is 1. The molecule has 0 saturated heterocycles. The van der Waals surface area contributed by atoms with Crippen LogP contribution in [-0.4, -0.2) is 22.7 Å². The second-order valence-corrected chi connectivity index (χ2v) is 3.29. The largest absolute Gasteiger partial charge is 0.506 e. The molecular weight excluding hydrogens is 213 g/mol. The quantitative estimate of drug-likeness (QED) is 0.767. The number of hydrogen-bond donors (Lipinski definition) is 2. The van der Waals surface area contributed by atoms with Gasteiger partial charge in [0.2, 0.25) is 0 Å². The average Bonchev–Trinajstić information content (AvgIpc) is 2.62. The molecule has 0 radical (unpaired) electrons. The van der Waals surface area contributed by atoms with Crippen LogP contribution in [0.25, 0.3) is 10.9 Å². The molecule has 1 aromatic carbocycles. The molecule has 1 heterocycles. The molecule has 2 rings (SSSR count). The van der Waals surface area contributed by atoms with Gasteiger partial charge in [-0.1, -0.05) is 0 Å². The van der Waals surface area contributed by atoms with Crippen molar-refractivity contribution in [1.82, 2.24) is 4.98 Å². The van der Waals surface area contributed by atoms with Gasteiger partial charge in [-0.2, -0.15) is 0 Å². The monoisotopic (exact) mass is 223 g/mol. The molecule has 84 valence electrons. The topological polar surface area (TPSA) is 62.3 Å². The second kappa shape index (κ2) is 3.84. The minimum atomic E-state index is -0.556. The Morgan fingerprint density at radius 1 is 1.50 bits per heavy atom. The maximum atomic E-state index is 13.0. The van der Waals surface area contributed by atoms with E-state index in [4.69, 9.17) is 4.74 Å². The van der Waals surface area contributed by atoms with Crippen LogP contribution in [0.5, 0.6) is 5.75 Å². The Balaban J connectivity index is 2.51. The Labute approximate surface area is 90.7 Å². The molecule has 4 nitrogen and oxygen atoms in total. The van der Waals surface area contributed by atoms with E-state index >= 15 is 0 Å². The fourth-order valence-electron chi connectivity index (χ4n) is 1.51. The lowest BCUT2D eigenvalue weighted by Gasteiger charge is -1.97. The zero-order valence-electron chi connectivity index (χ0n) is 8.58. The molecule has 0 amide bonds. The number of halogens is 1. The van der Waals surface area contributed by atoms with Crippen LogP contribution in [0, 0.1) is 5.82 Å². The first-order valence-electron chi connectivity index (χ1n) is 4.80. The number of phenolic OH excluding ortho intramolecular Hbond substituents is 1. The van der Waals surface area contributed by atoms with Crippen molar-refractivity contribution in [2.45, 2.75) is 6.92 Å². The number of aromatic hydroxyl groups is 1. The summed E-state index contributed by atoms with van der Waals surface area (Å²) in [4.78, 5) is 14.1. The first kappa shape index (κ1) is 10.5. The zero-order chi connectivity index (χ0) is 11.7. The number of aromatic nitrogens is 1. The van der Waals surface area contributed by atoms with Crippen molar-refractivity contribution in [1.29, 1.82) is 0 Å². The van der Waals surface area contributed by atoms with Crippen LogP contribution in [0.15, 0.2) is 18.2 Å². The highest BCUT2D eigenvalue weighted by Crippen LogP contribution is 2.26. The normalized spacial score (nSPS) is 10.6. The summed E-state index contributed by atoms with van der Waals surface area (Å²) in [5.74, 6) is -1.32. The van der Waals surface area contributed by atoms with E-state index in [9.17, 15) is 14.3 Å².